The van der Waals surface area contributed by atoms with E-state index in [2.05, 4.69) is 32.6 Å². The highest BCUT2D eigenvalue weighted by Crippen LogP contribution is 2.38. The van der Waals surface area contributed by atoms with E-state index in [1.807, 2.05) is 4.90 Å². The Bertz CT molecular complexity index is 352. The number of aliphatic hydroxyl groups is 1. The van der Waals surface area contributed by atoms with Gasteiger partial charge in [-0.15, -0.1) is 0 Å². The van der Waals surface area contributed by atoms with Crippen LogP contribution < -0.4 is 0 Å². The van der Waals surface area contributed by atoms with E-state index in [-0.39, 0.29) is 11.5 Å². The second kappa shape index (κ2) is 6.66. The average Bonchev–Trinajstić information content (AvgIpc) is 3.22. The van der Waals surface area contributed by atoms with Crippen molar-refractivity contribution in [2.24, 2.45) is 17.3 Å². The van der Waals surface area contributed by atoms with Gasteiger partial charge in [0, 0.05) is 39.1 Å². The molecule has 2 fully saturated rings. The van der Waals surface area contributed by atoms with Crippen molar-refractivity contribution in [1.82, 2.24) is 9.80 Å². The molecule has 122 valence electrons. The number of carbonyl (C=O) groups excluding carboxylic acids is 1. The molecule has 1 N–H and O–H groups in total. The molecule has 0 aromatic carbocycles. The number of hydrogen-bond acceptors (Lipinski definition) is 3. The lowest BCUT2D eigenvalue weighted by molar-refractivity contribution is -0.134. The summed E-state index contributed by atoms with van der Waals surface area (Å²) in [7, 11) is 0. The first kappa shape index (κ1) is 16.8. The molecular formula is C17H32N2O2. The summed E-state index contributed by atoms with van der Waals surface area (Å²) in [6.07, 6.45) is 3.03. The summed E-state index contributed by atoms with van der Waals surface area (Å²) >= 11 is 0. The van der Waals surface area contributed by atoms with Crippen molar-refractivity contribution in [3.05, 3.63) is 0 Å². The van der Waals surface area contributed by atoms with Crippen molar-refractivity contribution in [3.63, 3.8) is 0 Å². The molecule has 2 atom stereocenters. The molecule has 0 radical (unpaired) electrons. The highest BCUT2D eigenvalue weighted by Gasteiger charge is 2.32. The maximum absolute atomic E-state index is 12.3. The Kier molecular flexibility index (Phi) is 5.31. The van der Waals surface area contributed by atoms with Crippen LogP contribution in [0, 0.1) is 17.3 Å². The van der Waals surface area contributed by atoms with Gasteiger partial charge in [-0.2, -0.15) is 0 Å². The van der Waals surface area contributed by atoms with Gasteiger partial charge in [-0.3, -0.25) is 9.69 Å². The van der Waals surface area contributed by atoms with Crippen molar-refractivity contribution in [2.45, 2.75) is 53.1 Å². The Hall–Kier alpha value is -0.610. The smallest absolute Gasteiger partial charge is 0.222 e. The van der Waals surface area contributed by atoms with Crippen LogP contribution in [0.15, 0.2) is 0 Å². The zero-order valence-electron chi connectivity index (χ0n) is 14.1. The standard InChI is InChI=1S/C17H32N2O2/c1-13(14-5-6-14)11-16(21)19-9-7-18(8-10-19)12-15(20)17(2,3)4/h13-15,20H,5-12H2,1-4H3. The number of carbonyl (C=O) groups is 1. The molecule has 2 aliphatic rings. The van der Waals surface area contributed by atoms with Crippen molar-refractivity contribution in [1.29, 1.82) is 0 Å². The van der Waals surface area contributed by atoms with Crippen LogP contribution in [0.2, 0.25) is 0 Å². The molecule has 0 aromatic rings. The van der Waals surface area contributed by atoms with Crippen LogP contribution >= 0.6 is 0 Å². The predicted octanol–water partition coefficient (Wildman–Crippen LogP) is 1.97. The summed E-state index contributed by atoms with van der Waals surface area (Å²) in [5, 5.41) is 10.2. The predicted molar refractivity (Wildman–Crippen MR) is 85.0 cm³/mol. The number of nitrogens with zero attached hydrogens (tertiary/aromatic N) is 2. The third-order valence-electron chi connectivity index (χ3n) is 5.08. The average molecular weight is 296 g/mol. The summed E-state index contributed by atoms with van der Waals surface area (Å²) in [5.74, 6) is 1.68. The van der Waals surface area contributed by atoms with E-state index in [0.29, 0.717) is 18.4 Å². The van der Waals surface area contributed by atoms with Crippen molar-refractivity contribution < 1.29 is 9.90 Å². The van der Waals surface area contributed by atoms with E-state index in [9.17, 15) is 9.90 Å². The summed E-state index contributed by atoms with van der Waals surface area (Å²) in [6, 6.07) is 0. The minimum absolute atomic E-state index is 0.0767. The molecule has 1 saturated carbocycles. The second-order valence-electron chi connectivity index (χ2n) is 8.08. The highest BCUT2D eigenvalue weighted by atomic mass is 16.3. The van der Waals surface area contributed by atoms with Crippen molar-refractivity contribution in [3.8, 4) is 0 Å². The molecule has 1 aliphatic carbocycles. The fourth-order valence-corrected chi connectivity index (χ4v) is 2.93. The lowest BCUT2D eigenvalue weighted by atomic mass is 9.89. The molecule has 1 heterocycles. The summed E-state index contributed by atoms with van der Waals surface area (Å²) in [4.78, 5) is 16.6. The third kappa shape index (κ3) is 4.96. The van der Waals surface area contributed by atoms with E-state index in [1.165, 1.54) is 12.8 Å². The summed E-state index contributed by atoms with van der Waals surface area (Å²) in [5.41, 5.74) is -0.0767. The Morgan fingerprint density at radius 1 is 1.19 bits per heavy atom. The van der Waals surface area contributed by atoms with E-state index in [1.54, 1.807) is 0 Å². The zero-order chi connectivity index (χ0) is 15.6. The van der Waals surface area contributed by atoms with Gasteiger partial charge >= 0.3 is 0 Å². The maximum Gasteiger partial charge on any atom is 0.222 e. The Morgan fingerprint density at radius 3 is 2.24 bits per heavy atom. The number of aliphatic hydroxyl groups excluding tert-OH is 1. The summed E-state index contributed by atoms with van der Waals surface area (Å²) < 4.78 is 0. The van der Waals surface area contributed by atoms with Crippen LogP contribution in [0.5, 0.6) is 0 Å². The molecule has 2 unspecified atom stereocenters. The number of piperazine rings is 1. The maximum atomic E-state index is 12.3. The van der Waals surface area contributed by atoms with E-state index >= 15 is 0 Å². The molecule has 4 heteroatoms. The monoisotopic (exact) mass is 296 g/mol. The van der Waals surface area contributed by atoms with Crippen LogP contribution in [-0.4, -0.2) is 59.6 Å². The number of β-amino-alcohol motifs (C(OH)–C–C–N with tert-alkyl or cyclic N) is 1. The van der Waals surface area contributed by atoms with Crippen LogP contribution in [0.4, 0.5) is 0 Å². The van der Waals surface area contributed by atoms with Crippen molar-refractivity contribution >= 4 is 5.91 Å². The van der Waals surface area contributed by atoms with Gasteiger partial charge in [0.2, 0.25) is 5.91 Å². The minimum atomic E-state index is -0.311. The largest absolute Gasteiger partial charge is 0.391 e. The quantitative estimate of drug-likeness (QED) is 0.843. The van der Waals surface area contributed by atoms with Gasteiger partial charge in [0.1, 0.15) is 0 Å². The lowest BCUT2D eigenvalue weighted by Gasteiger charge is -2.38. The molecule has 0 bridgehead atoms. The molecule has 1 amide bonds. The lowest BCUT2D eigenvalue weighted by Crippen LogP contribution is -2.51. The molecular weight excluding hydrogens is 264 g/mol. The highest BCUT2D eigenvalue weighted by molar-refractivity contribution is 5.76. The second-order valence-corrected chi connectivity index (χ2v) is 8.08. The molecule has 0 spiro atoms. The van der Waals surface area contributed by atoms with Crippen LogP contribution in [-0.2, 0) is 4.79 Å². The zero-order valence-corrected chi connectivity index (χ0v) is 14.1. The Morgan fingerprint density at radius 2 is 1.76 bits per heavy atom. The van der Waals surface area contributed by atoms with Crippen molar-refractivity contribution in [2.75, 3.05) is 32.7 Å². The van der Waals surface area contributed by atoms with Gasteiger partial charge in [-0.05, 0) is 30.1 Å². The Labute approximate surface area is 129 Å². The minimum Gasteiger partial charge on any atom is -0.391 e. The van der Waals surface area contributed by atoms with Gasteiger partial charge in [0.15, 0.2) is 0 Å². The fraction of sp³-hybridized carbons (Fsp3) is 0.941. The number of rotatable bonds is 5. The van der Waals surface area contributed by atoms with Crippen LogP contribution in [0.25, 0.3) is 0 Å². The first-order chi connectivity index (χ1) is 9.77. The van der Waals surface area contributed by atoms with Gasteiger partial charge in [0.05, 0.1) is 6.10 Å². The molecule has 1 saturated heterocycles. The topological polar surface area (TPSA) is 43.8 Å². The van der Waals surface area contributed by atoms with Gasteiger partial charge in [-0.1, -0.05) is 27.7 Å². The number of amides is 1. The van der Waals surface area contributed by atoms with E-state index < -0.39 is 0 Å². The third-order valence-corrected chi connectivity index (χ3v) is 5.08. The molecule has 4 nitrogen and oxygen atoms in total. The van der Waals surface area contributed by atoms with Gasteiger partial charge in [0.25, 0.3) is 0 Å². The van der Waals surface area contributed by atoms with Crippen LogP contribution in [0.1, 0.15) is 47.0 Å². The molecule has 0 aromatic heterocycles. The molecule has 21 heavy (non-hydrogen) atoms. The summed E-state index contributed by atoms with van der Waals surface area (Å²) in [6.45, 7) is 12.5. The Balaban J connectivity index is 1.71. The normalized spacial score (nSPS) is 24.0. The first-order valence-corrected chi connectivity index (χ1v) is 8.45. The number of hydrogen-bond donors (Lipinski definition) is 1. The van der Waals surface area contributed by atoms with Gasteiger partial charge < -0.3 is 10.0 Å². The van der Waals surface area contributed by atoms with Gasteiger partial charge in [-0.25, -0.2) is 0 Å². The van der Waals surface area contributed by atoms with E-state index in [0.717, 1.165) is 38.5 Å². The fourth-order valence-electron chi connectivity index (χ4n) is 2.93. The first-order valence-electron chi connectivity index (χ1n) is 8.45. The molecule has 1 aliphatic heterocycles. The molecule has 2 rings (SSSR count). The van der Waals surface area contributed by atoms with Crippen LogP contribution in [0.3, 0.4) is 0 Å². The SMILES string of the molecule is CC(CC(=O)N1CCN(CC(O)C(C)(C)C)CC1)C1CC1. The van der Waals surface area contributed by atoms with E-state index in [4.69, 9.17) is 0 Å².